The summed E-state index contributed by atoms with van der Waals surface area (Å²) in [5.74, 6) is -0.316. The second-order valence-electron chi connectivity index (χ2n) is 4.36. The molecule has 2 N–H and O–H groups in total. The number of ether oxygens (including phenoxy) is 1. The highest BCUT2D eigenvalue weighted by Gasteiger charge is 2.36. The smallest absolute Gasteiger partial charge is 0.313 e. The lowest BCUT2D eigenvalue weighted by molar-refractivity contribution is -0.152. The van der Waals surface area contributed by atoms with Crippen molar-refractivity contribution in [1.82, 2.24) is 0 Å². The van der Waals surface area contributed by atoms with Gasteiger partial charge in [-0.3, -0.25) is 4.79 Å². The number of hydrogen-bond donors (Lipinski definition) is 1. The Morgan fingerprint density at radius 1 is 1.33 bits per heavy atom. The first kappa shape index (κ1) is 17.9. The summed E-state index contributed by atoms with van der Waals surface area (Å²) in [6, 6.07) is 5.27. The summed E-state index contributed by atoms with van der Waals surface area (Å²) < 4.78 is 6.63. The molecule has 3 nitrogen and oxygen atoms in total. The maximum Gasteiger partial charge on any atom is 0.313 e. The van der Waals surface area contributed by atoms with Gasteiger partial charge in [-0.25, -0.2) is 0 Å². The minimum absolute atomic E-state index is 0. The van der Waals surface area contributed by atoms with E-state index < -0.39 is 11.5 Å². The molecule has 0 aromatic heterocycles. The van der Waals surface area contributed by atoms with Crippen molar-refractivity contribution in [3.63, 3.8) is 0 Å². The van der Waals surface area contributed by atoms with Gasteiger partial charge >= 0.3 is 5.97 Å². The number of hydrogen-bond acceptors (Lipinski definition) is 3. The van der Waals surface area contributed by atoms with E-state index in [0.29, 0.717) is 0 Å². The molecule has 6 heteroatoms. The molecule has 0 radical (unpaired) electrons. The summed E-state index contributed by atoms with van der Waals surface area (Å²) in [5.41, 5.74) is 6.25. The quantitative estimate of drug-likeness (QED) is 0.783. The number of carbonyl (C=O) groups is 1. The Balaban J connectivity index is 0.00000289. The van der Waals surface area contributed by atoms with Gasteiger partial charge in [0.15, 0.2) is 0 Å². The SMILES string of the molecule is COC(=O)C(C)(C)[C@H](N)c1ccc(Br)c(Br)c1.Cl. The van der Waals surface area contributed by atoms with Gasteiger partial charge in [0.2, 0.25) is 0 Å². The molecule has 0 unspecified atom stereocenters. The molecule has 0 saturated heterocycles. The average Bonchev–Trinajstić information content (AvgIpc) is 2.30. The molecule has 0 fully saturated rings. The summed E-state index contributed by atoms with van der Waals surface area (Å²) in [4.78, 5) is 11.7. The zero-order valence-corrected chi connectivity index (χ0v) is 14.4. The van der Waals surface area contributed by atoms with Gasteiger partial charge in [-0.15, -0.1) is 12.4 Å². The Morgan fingerprint density at radius 2 is 1.89 bits per heavy atom. The van der Waals surface area contributed by atoms with E-state index in [1.807, 2.05) is 18.2 Å². The van der Waals surface area contributed by atoms with E-state index in [-0.39, 0.29) is 18.4 Å². The van der Waals surface area contributed by atoms with Crippen LogP contribution in [0.5, 0.6) is 0 Å². The molecule has 1 atom stereocenters. The highest BCUT2D eigenvalue weighted by atomic mass is 79.9. The summed E-state index contributed by atoms with van der Waals surface area (Å²) in [6.45, 7) is 3.55. The van der Waals surface area contributed by atoms with E-state index in [1.54, 1.807) is 13.8 Å². The topological polar surface area (TPSA) is 52.3 Å². The minimum Gasteiger partial charge on any atom is -0.469 e. The molecular formula is C12H16Br2ClNO2. The summed E-state index contributed by atoms with van der Waals surface area (Å²) >= 11 is 6.81. The van der Waals surface area contributed by atoms with Gasteiger partial charge in [-0.1, -0.05) is 6.07 Å². The van der Waals surface area contributed by atoms with Gasteiger partial charge in [0.1, 0.15) is 0 Å². The van der Waals surface area contributed by atoms with Crippen molar-refractivity contribution in [2.75, 3.05) is 7.11 Å². The Labute approximate surface area is 130 Å². The van der Waals surface area contributed by atoms with Gasteiger partial charge in [-0.05, 0) is 63.4 Å². The molecule has 0 aliphatic rings. The van der Waals surface area contributed by atoms with Crippen LogP contribution >= 0.6 is 44.3 Å². The molecule has 18 heavy (non-hydrogen) atoms. The number of benzene rings is 1. The molecule has 1 aromatic rings. The predicted molar refractivity (Wildman–Crippen MR) is 81.8 cm³/mol. The maximum absolute atomic E-state index is 11.7. The zero-order valence-electron chi connectivity index (χ0n) is 10.4. The minimum atomic E-state index is -0.762. The van der Waals surface area contributed by atoms with Gasteiger partial charge in [-0.2, -0.15) is 0 Å². The van der Waals surface area contributed by atoms with Gasteiger partial charge in [0, 0.05) is 15.0 Å². The predicted octanol–water partition coefficient (Wildman–Crippen LogP) is 3.83. The van der Waals surface area contributed by atoms with E-state index in [9.17, 15) is 4.79 Å². The van der Waals surface area contributed by atoms with Gasteiger partial charge < -0.3 is 10.5 Å². The number of halogens is 3. The molecule has 0 bridgehead atoms. The molecule has 1 rings (SSSR count). The van der Waals surface area contributed by atoms with Crippen LogP contribution in [0.2, 0.25) is 0 Å². The molecule has 0 aliphatic carbocycles. The number of methoxy groups -OCH3 is 1. The summed E-state index contributed by atoms with van der Waals surface area (Å²) in [5, 5.41) is 0. The van der Waals surface area contributed by atoms with Gasteiger partial charge in [0.25, 0.3) is 0 Å². The number of carbonyl (C=O) groups excluding carboxylic acids is 1. The van der Waals surface area contributed by atoms with Crippen LogP contribution in [0, 0.1) is 5.41 Å². The number of nitrogens with two attached hydrogens (primary N) is 1. The van der Waals surface area contributed by atoms with Crippen molar-refractivity contribution < 1.29 is 9.53 Å². The van der Waals surface area contributed by atoms with E-state index in [4.69, 9.17) is 10.5 Å². The molecule has 1 aromatic carbocycles. The van der Waals surface area contributed by atoms with Crippen molar-refractivity contribution in [3.8, 4) is 0 Å². The molecule has 0 spiro atoms. The van der Waals surface area contributed by atoms with E-state index in [0.717, 1.165) is 14.5 Å². The third-order valence-corrected chi connectivity index (χ3v) is 4.67. The first-order valence-corrected chi connectivity index (χ1v) is 6.68. The lowest BCUT2D eigenvalue weighted by Gasteiger charge is -2.29. The Hall–Kier alpha value is -0.100. The van der Waals surface area contributed by atoms with Crippen LogP contribution in [0.3, 0.4) is 0 Å². The Bertz CT molecular complexity index is 438. The maximum atomic E-state index is 11.7. The number of esters is 1. The monoisotopic (exact) mass is 399 g/mol. The lowest BCUT2D eigenvalue weighted by atomic mass is 9.81. The second kappa shape index (κ2) is 6.89. The van der Waals surface area contributed by atoms with Crippen LogP contribution in [0.1, 0.15) is 25.5 Å². The number of rotatable bonds is 3. The zero-order chi connectivity index (χ0) is 13.2. The third-order valence-electron chi connectivity index (χ3n) is 2.79. The molecular weight excluding hydrogens is 385 g/mol. The first-order chi connectivity index (χ1) is 7.80. The normalized spacial score (nSPS) is 12.6. The largest absolute Gasteiger partial charge is 0.469 e. The van der Waals surface area contributed by atoms with Crippen molar-refractivity contribution >= 4 is 50.2 Å². The third kappa shape index (κ3) is 3.70. The summed E-state index contributed by atoms with van der Waals surface area (Å²) in [7, 11) is 1.37. The van der Waals surface area contributed by atoms with E-state index in [2.05, 4.69) is 31.9 Å². The van der Waals surface area contributed by atoms with Crippen LogP contribution in [-0.2, 0) is 9.53 Å². The van der Waals surface area contributed by atoms with Crippen LogP contribution in [-0.4, -0.2) is 13.1 Å². The standard InChI is InChI=1S/C12H15Br2NO2.ClH/c1-12(2,11(16)17-3)10(15)7-4-5-8(13)9(14)6-7;/h4-6,10H,15H2,1-3H3;1H/t10-;/m1./s1. The van der Waals surface area contributed by atoms with Crippen molar-refractivity contribution in [3.05, 3.63) is 32.7 Å². The molecule has 102 valence electrons. The van der Waals surface area contributed by atoms with Crippen LogP contribution in [0.4, 0.5) is 0 Å². The molecule has 0 amide bonds. The van der Waals surface area contributed by atoms with E-state index >= 15 is 0 Å². The van der Waals surface area contributed by atoms with Crippen molar-refractivity contribution in [2.45, 2.75) is 19.9 Å². The highest BCUT2D eigenvalue weighted by Crippen LogP contribution is 2.35. The van der Waals surface area contributed by atoms with Crippen molar-refractivity contribution in [1.29, 1.82) is 0 Å². The lowest BCUT2D eigenvalue weighted by Crippen LogP contribution is -2.37. The Morgan fingerprint density at radius 3 is 2.33 bits per heavy atom. The fourth-order valence-electron chi connectivity index (χ4n) is 1.51. The highest BCUT2D eigenvalue weighted by molar-refractivity contribution is 9.13. The fraction of sp³-hybridized carbons (Fsp3) is 0.417. The van der Waals surface area contributed by atoms with Crippen molar-refractivity contribution in [2.24, 2.45) is 11.1 Å². The van der Waals surface area contributed by atoms with E-state index in [1.165, 1.54) is 7.11 Å². The fourth-order valence-corrected chi connectivity index (χ4v) is 2.16. The van der Waals surface area contributed by atoms with Crippen LogP contribution in [0.25, 0.3) is 0 Å². The molecule has 0 aliphatic heterocycles. The molecule has 0 saturated carbocycles. The summed E-state index contributed by atoms with van der Waals surface area (Å²) in [6.07, 6.45) is 0. The molecule has 0 heterocycles. The Kier molecular flexibility index (Phi) is 6.85. The first-order valence-electron chi connectivity index (χ1n) is 5.09. The van der Waals surface area contributed by atoms with Crippen LogP contribution in [0.15, 0.2) is 27.1 Å². The second-order valence-corrected chi connectivity index (χ2v) is 6.07. The average molecular weight is 402 g/mol. The van der Waals surface area contributed by atoms with Crippen LogP contribution < -0.4 is 5.73 Å². The van der Waals surface area contributed by atoms with Gasteiger partial charge in [0.05, 0.1) is 12.5 Å².